The molecule has 2 fully saturated rings. The lowest BCUT2D eigenvalue weighted by Crippen LogP contribution is -2.48. The molecule has 1 aromatic heterocycles. The first kappa shape index (κ1) is 15.6. The normalized spacial score (nSPS) is 24.0. The van der Waals surface area contributed by atoms with E-state index in [4.69, 9.17) is 4.74 Å². The molecule has 0 unspecified atom stereocenters. The molecule has 1 N–H and O–H groups in total. The highest BCUT2D eigenvalue weighted by Crippen LogP contribution is 2.25. The van der Waals surface area contributed by atoms with Gasteiger partial charge in [-0.25, -0.2) is 4.98 Å². The van der Waals surface area contributed by atoms with Gasteiger partial charge < -0.3 is 15.0 Å². The number of anilines is 2. The van der Waals surface area contributed by atoms with Crippen molar-refractivity contribution in [2.75, 3.05) is 38.6 Å². The molecule has 2 saturated heterocycles. The Bertz CT molecular complexity index is 721. The summed E-state index contributed by atoms with van der Waals surface area (Å²) in [6, 6.07) is 7.89. The molecule has 2 aromatic rings. The van der Waals surface area contributed by atoms with Gasteiger partial charge >= 0.3 is 0 Å². The van der Waals surface area contributed by atoms with Crippen molar-refractivity contribution in [3.8, 4) is 0 Å². The largest absolute Gasteiger partial charge is 0.373 e. The third kappa shape index (κ3) is 3.02. The summed E-state index contributed by atoms with van der Waals surface area (Å²) >= 11 is 1.53. The van der Waals surface area contributed by atoms with Crippen LogP contribution in [0.25, 0.3) is 0 Å². The number of thiazole rings is 1. The number of hydrogen-bond acceptors (Lipinski definition) is 6. The smallest absolute Gasteiger partial charge is 0.254 e. The molecule has 0 aliphatic carbocycles. The van der Waals surface area contributed by atoms with Gasteiger partial charge in [-0.05, 0) is 25.2 Å². The van der Waals surface area contributed by atoms with Crippen LogP contribution >= 0.6 is 11.3 Å². The fourth-order valence-corrected chi connectivity index (χ4v) is 3.89. The molecule has 0 saturated carbocycles. The van der Waals surface area contributed by atoms with Crippen molar-refractivity contribution >= 4 is 28.1 Å². The number of rotatable bonds is 3. The van der Waals surface area contributed by atoms with E-state index in [1.807, 2.05) is 34.5 Å². The molecular weight excluding hydrogens is 324 g/mol. The average molecular weight is 344 g/mol. The second kappa shape index (κ2) is 6.51. The van der Waals surface area contributed by atoms with Crippen molar-refractivity contribution < 1.29 is 9.53 Å². The number of likely N-dealkylation sites (N-methyl/N-ethyl adjacent to an activating group) is 1. The fraction of sp³-hybridized carbons (Fsp3) is 0.412. The molecule has 1 amide bonds. The molecule has 0 radical (unpaired) electrons. The lowest BCUT2D eigenvalue weighted by molar-refractivity contribution is -0.0368. The minimum atomic E-state index is 0.0594. The van der Waals surface area contributed by atoms with Crippen LogP contribution in [0.15, 0.2) is 35.8 Å². The number of morpholine rings is 1. The number of aromatic nitrogens is 1. The van der Waals surface area contributed by atoms with Crippen molar-refractivity contribution in [2.45, 2.75) is 12.1 Å². The Morgan fingerprint density at radius 1 is 1.42 bits per heavy atom. The van der Waals surface area contributed by atoms with Crippen molar-refractivity contribution in [3.63, 3.8) is 0 Å². The van der Waals surface area contributed by atoms with Crippen LogP contribution in [-0.4, -0.2) is 66.1 Å². The SMILES string of the molecule is CN1CCO[C@@H]2CN(C(=O)c3cccc(Nc4nccs4)c3)C[C@@H]21. The molecule has 3 heterocycles. The van der Waals surface area contributed by atoms with Crippen LogP contribution in [0, 0.1) is 0 Å². The molecule has 1 aromatic carbocycles. The lowest BCUT2D eigenvalue weighted by atomic mass is 10.1. The molecule has 2 atom stereocenters. The van der Waals surface area contributed by atoms with Crippen LogP contribution in [0.1, 0.15) is 10.4 Å². The van der Waals surface area contributed by atoms with Gasteiger partial charge in [-0.3, -0.25) is 9.69 Å². The number of carbonyl (C=O) groups excluding carboxylic acids is 1. The van der Waals surface area contributed by atoms with Gasteiger partial charge in [0.05, 0.1) is 18.8 Å². The van der Waals surface area contributed by atoms with Gasteiger partial charge in [0.25, 0.3) is 5.91 Å². The third-order valence-corrected chi connectivity index (χ3v) is 5.35. The van der Waals surface area contributed by atoms with E-state index < -0.39 is 0 Å². The fourth-order valence-electron chi connectivity index (χ4n) is 3.34. The number of nitrogens with zero attached hydrogens (tertiary/aromatic N) is 3. The van der Waals surface area contributed by atoms with Gasteiger partial charge in [0.1, 0.15) is 0 Å². The number of fused-ring (bicyclic) bond motifs is 1. The second-order valence-corrected chi connectivity index (χ2v) is 7.10. The quantitative estimate of drug-likeness (QED) is 0.923. The van der Waals surface area contributed by atoms with Gasteiger partial charge in [-0.15, -0.1) is 11.3 Å². The molecule has 2 aliphatic rings. The van der Waals surface area contributed by atoms with E-state index in [9.17, 15) is 4.79 Å². The second-order valence-electron chi connectivity index (χ2n) is 6.21. The predicted molar refractivity (Wildman–Crippen MR) is 93.9 cm³/mol. The van der Waals surface area contributed by atoms with Crippen LogP contribution in [0.2, 0.25) is 0 Å². The molecular formula is C17H20N4O2S. The van der Waals surface area contributed by atoms with E-state index >= 15 is 0 Å². The lowest BCUT2D eigenvalue weighted by Gasteiger charge is -2.33. The summed E-state index contributed by atoms with van der Waals surface area (Å²) in [6.07, 6.45) is 1.88. The van der Waals surface area contributed by atoms with E-state index in [2.05, 4.69) is 22.2 Å². The number of likely N-dealkylation sites (tertiary alicyclic amines) is 1. The van der Waals surface area contributed by atoms with Crippen LogP contribution in [0.4, 0.5) is 10.8 Å². The maximum atomic E-state index is 12.9. The Kier molecular flexibility index (Phi) is 4.22. The summed E-state index contributed by atoms with van der Waals surface area (Å²) in [4.78, 5) is 21.3. The maximum absolute atomic E-state index is 12.9. The third-order valence-electron chi connectivity index (χ3n) is 4.66. The van der Waals surface area contributed by atoms with E-state index in [1.54, 1.807) is 6.20 Å². The number of amides is 1. The minimum absolute atomic E-state index is 0.0594. The number of ether oxygens (including phenoxy) is 1. The highest BCUT2D eigenvalue weighted by Gasteiger charge is 2.40. The summed E-state index contributed by atoms with van der Waals surface area (Å²) in [6.45, 7) is 3.06. The van der Waals surface area contributed by atoms with Crippen LogP contribution in [0.3, 0.4) is 0 Å². The Morgan fingerprint density at radius 3 is 3.12 bits per heavy atom. The van der Waals surface area contributed by atoms with Gasteiger partial charge in [-0.2, -0.15) is 0 Å². The van der Waals surface area contributed by atoms with Gasteiger partial charge in [0.2, 0.25) is 0 Å². The molecule has 2 aliphatic heterocycles. The van der Waals surface area contributed by atoms with E-state index in [0.29, 0.717) is 18.2 Å². The summed E-state index contributed by atoms with van der Waals surface area (Å²) in [5.74, 6) is 0.0594. The number of benzene rings is 1. The number of nitrogens with one attached hydrogen (secondary N) is 1. The first-order valence-electron chi connectivity index (χ1n) is 8.08. The summed E-state index contributed by atoms with van der Waals surface area (Å²) in [5, 5.41) is 5.97. The minimum Gasteiger partial charge on any atom is -0.373 e. The van der Waals surface area contributed by atoms with Gasteiger partial charge in [-0.1, -0.05) is 6.07 Å². The predicted octanol–water partition coefficient (Wildman–Crippen LogP) is 2.04. The Hall–Kier alpha value is -1.96. The monoisotopic (exact) mass is 344 g/mol. The Labute approximate surface area is 145 Å². The molecule has 4 rings (SSSR count). The molecule has 0 bridgehead atoms. The van der Waals surface area contributed by atoms with Crippen molar-refractivity contribution in [1.29, 1.82) is 0 Å². The molecule has 6 nitrogen and oxygen atoms in total. The summed E-state index contributed by atoms with van der Waals surface area (Å²) in [7, 11) is 2.10. The zero-order valence-electron chi connectivity index (χ0n) is 13.5. The molecule has 0 spiro atoms. The van der Waals surface area contributed by atoms with Crippen molar-refractivity contribution in [2.24, 2.45) is 0 Å². The van der Waals surface area contributed by atoms with Crippen LogP contribution < -0.4 is 5.32 Å². The summed E-state index contributed by atoms with van der Waals surface area (Å²) < 4.78 is 5.83. The van der Waals surface area contributed by atoms with E-state index in [1.165, 1.54) is 11.3 Å². The zero-order valence-corrected chi connectivity index (χ0v) is 14.3. The van der Waals surface area contributed by atoms with Gasteiger partial charge in [0, 0.05) is 42.5 Å². The average Bonchev–Trinajstić information content (AvgIpc) is 3.24. The first-order valence-corrected chi connectivity index (χ1v) is 8.96. The molecule has 24 heavy (non-hydrogen) atoms. The van der Waals surface area contributed by atoms with Crippen molar-refractivity contribution in [1.82, 2.24) is 14.8 Å². The number of carbonyl (C=O) groups is 1. The van der Waals surface area contributed by atoms with Crippen LogP contribution in [0.5, 0.6) is 0 Å². The van der Waals surface area contributed by atoms with Gasteiger partial charge in [0.15, 0.2) is 5.13 Å². The summed E-state index contributed by atoms with van der Waals surface area (Å²) in [5.41, 5.74) is 1.57. The van der Waals surface area contributed by atoms with Crippen molar-refractivity contribution in [3.05, 3.63) is 41.4 Å². The first-order chi connectivity index (χ1) is 11.7. The Balaban J connectivity index is 1.48. The molecule has 7 heteroatoms. The van der Waals surface area contributed by atoms with E-state index in [-0.39, 0.29) is 12.0 Å². The Morgan fingerprint density at radius 2 is 2.33 bits per heavy atom. The van der Waals surface area contributed by atoms with Crippen LogP contribution in [-0.2, 0) is 4.74 Å². The topological polar surface area (TPSA) is 57.7 Å². The zero-order chi connectivity index (χ0) is 16.5. The highest BCUT2D eigenvalue weighted by atomic mass is 32.1. The highest BCUT2D eigenvalue weighted by molar-refractivity contribution is 7.13. The maximum Gasteiger partial charge on any atom is 0.254 e. The molecule has 126 valence electrons. The van der Waals surface area contributed by atoms with E-state index in [0.717, 1.165) is 30.5 Å². The standard InChI is InChI=1S/C17H20N4O2S/c1-20-6-7-23-15-11-21(10-14(15)20)16(22)12-3-2-4-13(9-12)19-17-18-5-8-24-17/h2-5,8-9,14-15H,6-7,10-11H2,1H3,(H,18,19)/t14-,15+/m0/s1. The number of hydrogen-bond donors (Lipinski definition) is 1.